The van der Waals surface area contributed by atoms with Crippen LogP contribution in [0.15, 0.2) is 18.5 Å². The standard InChI is InChI=1S/C14H20ClN5O/c1-4-19-7-5-13(18-19)10(2)17-14(21)6-8-20-11(3)12(15)9-16-20/h5,7,9-10H,4,6,8H2,1-3H3,(H,17,21). The topological polar surface area (TPSA) is 64.7 Å². The molecule has 0 aliphatic heterocycles. The van der Waals surface area contributed by atoms with Gasteiger partial charge in [-0.2, -0.15) is 10.2 Å². The third-order valence-electron chi connectivity index (χ3n) is 3.40. The van der Waals surface area contributed by atoms with Crippen LogP contribution in [0.3, 0.4) is 0 Å². The van der Waals surface area contributed by atoms with Gasteiger partial charge in [0.1, 0.15) is 0 Å². The first-order valence-corrected chi connectivity index (χ1v) is 7.39. The van der Waals surface area contributed by atoms with Crippen molar-refractivity contribution in [2.24, 2.45) is 0 Å². The number of hydrogen-bond donors (Lipinski definition) is 1. The highest BCUT2D eigenvalue weighted by Gasteiger charge is 2.13. The van der Waals surface area contributed by atoms with E-state index in [0.717, 1.165) is 17.9 Å². The van der Waals surface area contributed by atoms with Crippen LogP contribution in [-0.4, -0.2) is 25.5 Å². The second kappa shape index (κ2) is 6.76. The van der Waals surface area contributed by atoms with Crippen LogP contribution in [0, 0.1) is 6.92 Å². The highest BCUT2D eigenvalue weighted by Crippen LogP contribution is 2.14. The molecule has 2 aromatic rings. The third kappa shape index (κ3) is 3.85. The van der Waals surface area contributed by atoms with E-state index in [-0.39, 0.29) is 11.9 Å². The van der Waals surface area contributed by atoms with Crippen LogP contribution in [0.5, 0.6) is 0 Å². The molecule has 2 aromatic heterocycles. The van der Waals surface area contributed by atoms with Crippen molar-refractivity contribution in [2.75, 3.05) is 0 Å². The monoisotopic (exact) mass is 309 g/mol. The SMILES string of the molecule is CCn1ccc(C(C)NC(=O)CCn2ncc(Cl)c2C)n1. The quantitative estimate of drug-likeness (QED) is 0.890. The maximum atomic E-state index is 12.0. The number of carbonyl (C=O) groups excluding carboxylic acids is 1. The summed E-state index contributed by atoms with van der Waals surface area (Å²) in [6.07, 6.45) is 3.86. The number of carbonyl (C=O) groups is 1. The third-order valence-corrected chi connectivity index (χ3v) is 3.77. The predicted octanol–water partition coefficient (Wildman–Crippen LogP) is 2.33. The summed E-state index contributed by atoms with van der Waals surface area (Å²) in [4.78, 5) is 12.0. The van der Waals surface area contributed by atoms with Gasteiger partial charge in [-0.05, 0) is 26.8 Å². The van der Waals surface area contributed by atoms with Crippen LogP contribution < -0.4 is 5.32 Å². The van der Waals surface area contributed by atoms with Crippen LogP contribution in [-0.2, 0) is 17.9 Å². The van der Waals surface area contributed by atoms with Crippen molar-refractivity contribution in [2.45, 2.75) is 46.3 Å². The molecule has 1 atom stereocenters. The minimum Gasteiger partial charge on any atom is -0.348 e. The Morgan fingerprint density at radius 2 is 2.29 bits per heavy atom. The molecule has 0 saturated carbocycles. The average molecular weight is 310 g/mol. The van der Waals surface area contributed by atoms with Gasteiger partial charge in [0.2, 0.25) is 5.91 Å². The first-order valence-electron chi connectivity index (χ1n) is 7.02. The Hall–Kier alpha value is -1.82. The second-order valence-corrected chi connectivity index (χ2v) is 5.34. The lowest BCUT2D eigenvalue weighted by Crippen LogP contribution is -2.28. The van der Waals surface area contributed by atoms with E-state index in [4.69, 9.17) is 11.6 Å². The molecule has 1 N–H and O–H groups in total. The van der Waals surface area contributed by atoms with Gasteiger partial charge in [0, 0.05) is 19.2 Å². The van der Waals surface area contributed by atoms with Crippen LogP contribution in [0.4, 0.5) is 0 Å². The van der Waals surface area contributed by atoms with Crippen molar-refractivity contribution in [3.05, 3.63) is 34.9 Å². The van der Waals surface area contributed by atoms with E-state index in [1.54, 1.807) is 10.9 Å². The summed E-state index contributed by atoms with van der Waals surface area (Å²) in [5.74, 6) is -0.0282. The summed E-state index contributed by atoms with van der Waals surface area (Å²) in [7, 11) is 0. The largest absolute Gasteiger partial charge is 0.348 e. The Morgan fingerprint density at radius 3 is 2.86 bits per heavy atom. The lowest BCUT2D eigenvalue weighted by molar-refractivity contribution is -0.122. The number of rotatable bonds is 6. The molecule has 1 unspecified atom stereocenters. The fraction of sp³-hybridized carbons (Fsp3) is 0.500. The molecule has 0 radical (unpaired) electrons. The number of halogens is 1. The van der Waals surface area contributed by atoms with Crippen molar-refractivity contribution < 1.29 is 4.79 Å². The van der Waals surface area contributed by atoms with Gasteiger partial charge in [-0.1, -0.05) is 11.6 Å². The van der Waals surface area contributed by atoms with Crippen molar-refractivity contribution >= 4 is 17.5 Å². The van der Waals surface area contributed by atoms with E-state index < -0.39 is 0 Å². The van der Waals surface area contributed by atoms with Gasteiger partial charge in [0.25, 0.3) is 0 Å². The molecule has 0 saturated heterocycles. The summed E-state index contributed by atoms with van der Waals surface area (Å²) < 4.78 is 3.57. The average Bonchev–Trinajstić information content (AvgIpc) is 3.06. The Labute approximate surface area is 129 Å². The summed E-state index contributed by atoms with van der Waals surface area (Å²) in [6.45, 7) is 7.17. The maximum Gasteiger partial charge on any atom is 0.222 e. The van der Waals surface area contributed by atoms with E-state index in [1.807, 2.05) is 37.7 Å². The molecule has 7 heteroatoms. The van der Waals surface area contributed by atoms with E-state index >= 15 is 0 Å². The van der Waals surface area contributed by atoms with Crippen molar-refractivity contribution in [1.29, 1.82) is 0 Å². The smallest absolute Gasteiger partial charge is 0.222 e. The molecule has 1 amide bonds. The lowest BCUT2D eigenvalue weighted by Gasteiger charge is -2.12. The molecular formula is C14H20ClN5O. The van der Waals surface area contributed by atoms with Crippen molar-refractivity contribution in [3.63, 3.8) is 0 Å². The van der Waals surface area contributed by atoms with Crippen LogP contribution in [0.2, 0.25) is 5.02 Å². The molecule has 0 fully saturated rings. The Balaban J connectivity index is 1.85. The Morgan fingerprint density at radius 1 is 1.52 bits per heavy atom. The molecular weight excluding hydrogens is 290 g/mol. The number of aryl methyl sites for hydroxylation is 2. The van der Waals surface area contributed by atoms with Gasteiger partial charge < -0.3 is 5.32 Å². The van der Waals surface area contributed by atoms with Gasteiger partial charge in [-0.25, -0.2) is 0 Å². The Bertz CT molecular complexity index is 619. The number of nitrogens with zero attached hydrogens (tertiary/aromatic N) is 4. The number of nitrogens with one attached hydrogen (secondary N) is 1. The molecule has 0 aromatic carbocycles. The van der Waals surface area contributed by atoms with Crippen LogP contribution >= 0.6 is 11.6 Å². The van der Waals surface area contributed by atoms with E-state index in [1.165, 1.54) is 0 Å². The fourth-order valence-corrected chi connectivity index (χ4v) is 2.17. The van der Waals surface area contributed by atoms with E-state index in [0.29, 0.717) is 18.0 Å². The number of hydrogen-bond acceptors (Lipinski definition) is 3. The fourth-order valence-electron chi connectivity index (χ4n) is 2.03. The molecule has 0 aliphatic carbocycles. The van der Waals surface area contributed by atoms with Gasteiger partial charge in [-0.3, -0.25) is 14.2 Å². The molecule has 0 spiro atoms. The zero-order valence-corrected chi connectivity index (χ0v) is 13.3. The van der Waals surface area contributed by atoms with E-state index in [9.17, 15) is 4.79 Å². The summed E-state index contributed by atoms with van der Waals surface area (Å²) in [5, 5.41) is 12.1. The Kier molecular flexibility index (Phi) is 5.01. The van der Waals surface area contributed by atoms with Gasteiger partial charge in [0.15, 0.2) is 0 Å². The minimum atomic E-state index is -0.104. The zero-order valence-electron chi connectivity index (χ0n) is 12.5. The normalized spacial score (nSPS) is 12.4. The molecule has 2 rings (SSSR count). The number of amides is 1. The molecule has 114 valence electrons. The van der Waals surface area contributed by atoms with Crippen molar-refractivity contribution in [1.82, 2.24) is 24.9 Å². The summed E-state index contributed by atoms with van der Waals surface area (Å²) >= 11 is 5.93. The summed E-state index contributed by atoms with van der Waals surface area (Å²) in [6, 6.07) is 1.82. The highest BCUT2D eigenvalue weighted by molar-refractivity contribution is 6.31. The molecule has 2 heterocycles. The maximum absolute atomic E-state index is 12.0. The van der Waals surface area contributed by atoms with Crippen LogP contribution in [0.25, 0.3) is 0 Å². The summed E-state index contributed by atoms with van der Waals surface area (Å²) in [5.41, 5.74) is 1.74. The first kappa shape index (κ1) is 15.6. The predicted molar refractivity (Wildman–Crippen MR) is 81.0 cm³/mol. The molecule has 21 heavy (non-hydrogen) atoms. The van der Waals surface area contributed by atoms with Gasteiger partial charge >= 0.3 is 0 Å². The van der Waals surface area contributed by atoms with Crippen molar-refractivity contribution in [3.8, 4) is 0 Å². The highest BCUT2D eigenvalue weighted by atomic mass is 35.5. The molecule has 6 nitrogen and oxygen atoms in total. The van der Waals surface area contributed by atoms with E-state index in [2.05, 4.69) is 15.5 Å². The molecule has 0 bridgehead atoms. The second-order valence-electron chi connectivity index (χ2n) is 4.94. The van der Waals surface area contributed by atoms with Crippen LogP contribution in [0.1, 0.15) is 37.7 Å². The van der Waals surface area contributed by atoms with Gasteiger partial charge in [-0.15, -0.1) is 0 Å². The minimum absolute atomic E-state index is 0.0282. The first-order chi connectivity index (χ1) is 10.0. The zero-order chi connectivity index (χ0) is 15.4. The lowest BCUT2D eigenvalue weighted by atomic mass is 10.2. The van der Waals surface area contributed by atoms with Gasteiger partial charge in [0.05, 0.1) is 35.2 Å². The molecule has 0 aliphatic rings. The number of aromatic nitrogens is 4.